The van der Waals surface area contributed by atoms with E-state index in [9.17, 15) is 32.3 Å². The first-order valence-electron chi connectivity index (χ1n) is 15.3. The highest BCUT2D eigenvalue weighted by Gasteiger charge is 2.42. The summed E-state index contributed by atoms with van der Waals surface area (Å²) < 4.78 is 40.7. The second-order valence-corrected chi connectivity index (χ2v) is 12.5. The molecule has 0 bridgehead atoms. The minimum Gasteiger partial charge on any atom is -0.362 e. The Kier molecular flexibility index (Phi) is 9.83. The van der Waals surface area contributed by atoms with E-state index in [1.165, 1.54) is 24.9 Å². The smallest absolute Gasteiger partial charge is 0.362 e. The lowest BCUT2D eigenvalue weighted by atomic mass is 10.1. The number of alkyl halides is 3. The van der Waals surface area contributed by atoms with Gasteiger partial charge in [0.2, 0.25) is 23.6 Å². The van der Waals surface area contributed by atoms with Crippen molar-refractivity contribution in [3.8, 4) is 0 Å². The molecule has 3 aliphatic rings. The Balaban J connectivity index is 1.27. The summed E-state index contributed by atoms with van der Waals surface area (Å²) in [6.07, 6.45) is -3.28. The van der Waals surface area contributed by atoms with Crippen LogP contribution in [0.5, 0.6) is 0 Å². The highest BCUT2D eigenvalue weighted by atomic mass is 35.5. The standard InChI is InChI=1S/C32H37ClF3N7O4/c1-5-27(44)42-17-22(18-42)40-11-13-41(14-12-40)29(46)19-38(3)30-23(33)7-6-8-24(30)39(4)31(47)25-9-10-28(45)43(25)26-16-21(32(34,35)36)15-20(2)37-26/h5-8,15-16,22,25H,1,9-14,17-19H2,2-4H3. The Morgan fingerprint density at radius 1 is 1.09 bits per heavy atom. The fraction of sp³-hybridized carbons (Fsp3) is 0.469. The Bertz CT molecular complexity index is 1570. The van der Waals surface area contributed by atoms with E-state index in [4.69, 9.17) is 11.6 Å². The lowest BCUT2D eigenvalue weighted by molar-refractivity contribution is -0.138. The number of amides is 4. The molecule has 3 aliphatic heterocycles. The molecule has 5 rings (SSSR count). The van der Waals surface area contributed by atoms with Gasteiger partial charge < -0.3 is 19.6 Å². The van der Waals surface area contributed by atoms with E-state index in [0.29, 0.717) is 55.7 Å². The topological polar surface area (TPSA) is 101 Å². The molecule has 15 heteroatoms. The van der Waals surface area contributed by atoms with Crippen LogP contribution in [-0.2, 0) is 25.4 Å². The molecule has 1 aromatic carbocycles. The third kappa shape index (κ3) is 7.08. The molecular formula is C32H37ClF3N7O4. The van der Waals surface area contributed by atoms with Crippen molar-refractivity contribution in [3.63, 3.8) is 0 Å². The number of aromatic nitrogens is 1. The summed E-state index contributed by atoms with van der Waals surface area (Å²) in [5.41, 5.74) is -0.103. The number of piperazine rings is 1. The summed E-state index contributed by atoms with van der Waals surface area (Å²) in [6.45, 7) is 8.61. The number of hydrogen-bond acceptors (Lipinski definition) is 7. The van der Waals surface area contributed by atoms with Gasteiger partial charge in [0.1, 0.15) is 11.9 Å². The lowest BCUT2D eigenvalue weighted by Crippen LogP contribution is -2.64. The lowest BCUT2D eigenvalue weighted by Gasteiger charge is -2.48. The summed E-state index contributed by atoms with van der Waals surface area (Å²) in [7, 11) is 3.19. The van der Waals surface area contributed by atoms with Crippen molar-refractivity contribution in [2.75, 3.05) is 74.6 Å². The van der Waals surface area contributed by atoms with Crippen LogP contribution < -0.4 is 14.7 Å². The molecule has 1 unspecified atom stereocenters. The Hall–Kier alpha value is -4.17. The van der Waals surface area contributed by atoms with Crippen LogP contribution >= 0.6 is 11.6 Å². The van der Waals surface area contributed by atoms with Gasteiger partial charge in [0, 0.05) is 71.5 Å². The number of anilines is 3. The van der Waals surface area contributed by atoms with Gasteiger partial charge in [-0.15, -0.1) is 0 Å². The van der Waals surface area contributed by atoms with Crippen molar-refractivity contribution in [2.45, 2.75) is 38.0 Å². The molecule has 3 saturated heterocycles. The van der Waals surface area contributed by atoms with E-state index in [2.05, 4.69) is 16.5 Å². The van der Waals surface area contributed by atoms with Gasteiger partial charge in [-0.1, -0.05) is 24.2 Å². The number of benzene rings is 1. The number of nitrogens with zero attached hydrogens (tertiary/aromatic N) is 7. The molecule has 1 aromatic heterocycles. The largest absolute Gasteiger partial charge is 0.416 e. The first-order valence-corrected chi connectivity index (χ1v) is 15.7. The molecule has 11 nitrogen and oxygen atoms in total. The fourth-order valence-corrected chi connectivity index (χ4v) is 6.67. The minimum atomic E-state index is -4.65. The zero-order chi connectivity index (χ0) is 34.2. The van der Waals surface area contributed by atoms with Crippen molar-refractivity contribution < 1.29 is 32.3 Å². The number of likely N-dealkylation sites (N-methyl/N-ethyl adjacent to an activating group) is 2. The van der Waals surface area contributed by atoms with Crippen molar-refractivity contribution >= 4 is 52.4 Å². The molecule has 0 aliphatic carbocycles. The summed E-state index contributed by atoms with van der Waals surface area (Å²) in [6, 6.07) is 5.79. The molecule has 2 aromatic rings. The van der Waals surface area contributed by atoms with E-state index < -0.39 is 29.6 Å². The number of aryl methyl sites for hydroxylation is 1. The number of hydrogen-bond donors (Lipinski definition) is 0. The van der Waals surface area contributed by atoms with Gasteiger partial charge in [-0.05, 0) is 43.7 Å². The molecule has 3 fully saturated rings. The summed E-state index contributed by atoms with van der Waals surface area (Å²) in [5, 5.41) is 0.292. The number of carbonyl (C=O) groups excluding carboxylic acids is 4. The molecule has 0 spiro atoms. The number of carbonyl (C=O) groups is 4. The third-order valence-corrected chi connectivity index (χ3v) is 9.26. The molecule has 0 N–H and O–H groups in total. The van der Waals surface area contributed by atoms with Crippen LogP contribution in [0.4, 0.5) is 30.4 Å². The van der Waals surface area contributed by atoms with Crippen molar-refractivity contribution in [3.05, 3.63) is 59.3 Å². The predicted molar refractivity (Wildman–Crippen MR) is 171 cm³/mol. The summed E-state index contributed by atoms with van der Waals surface area (Å²) >= 11 is 6.62. The Morgan fingerprint density at radius 2 is 1.77 bits per heavy atom. The Morgan fingerprint density at radius 3 is 2.40 bits per heavy atom. The van der Waals surface area contributed by atoms with Gasteiger partial charge in [0.25, 0.3) is 0 Å². The molecule has 1 atom stereocenters. The van der Waals surface area contributed by atoms with E-state index in [1.807, 2.05) is 0 Å². The van der Waals surface area contributed by atoms with Gasteiger partial charge in [0.05, 0.1) is 28.5 Å². The molecule has 4 heterocycles. The van der Waals surface area contributed by atoms with E-state index >= 15 is 0 Å². The van der Waals surface area contributed by atoms with Crippen LogP contribution in [0.3, 0.4) is 0 Å². The SMILES string of the molecule is C=CC(=O)N1CC(N2CCN(C(=O)CN(C)c3c(Cl)cccc3N(C)C(=O)C3CCC(=O)N3c3cc(C(F)(F)F)cc(C)n3)CC2)C1. The zero-order valence-corrected chi connectivity index (χ0v) is 27.2. The molecule has 0 radical (unpaired) electrons. The minimum absolute atomic E-state index is 0.0225. The third-order valence-electron chi connectivity index (χ3n) is 8.95. The average Bonchev–Trinajstić information content (AvgIpc) is 3.39. The maximum Gasteiger partial charge on any atom is 0.416 e. The predicted octanol–water partition coefficient (Wildman–Crippen LogP) is 3.20. The molecule has 47 heavy (non-hydrogen) atoms. The van der Waals surface area contributed by atoms with Crippen LogP contribution in [0.2, 0.25) is 5.02 Å². The first-order chi connectivity index (χ1) is 22.2. The van der Waals surface area contributed by atoms with Gasteiger partial charge in [0.15, 0.2) is 0 Å². The fourth-order valence-electron chi connectivity index (χ4n) is 6.35. The van der Waals surface area contributed by atoms with Gasteiger partial charge in [-0.25, -0.2) is 4.98 Å². The number of halogens is 4. The summed E-state index contributed by atoms with van der Waals surface area (Å²) in [5.74, 6) is -1.47. The van der Waals surface area contributed by atoms with E-state index in [-0.39, 0.29) is 48.8 Å². The van der Waals surface area contributed by atoms with Crippen molar-refractivity contribution in [1.29, 1.82) is 0 Å². The van der Waals surface area contributed by atoms with Crippen LogP contribution in [0, 0.1) is 6.92 Å². The van der Waals surface area contributed by atoms with Crippen LogP contribution in [0.1, 0.15) is 24.1 Å². The molecule has 252 valence electrons. The highest BCUT2D eigenvalue weighted by molar-refractivity contribution is 6.34. The van der Waals surface area contributed by atoms with Crippen molar-refractivity contribution in [2.24, 2.45) is 0 Å². The number of pyridine rings is 1. The highest BCUT2D eigenvalue weighted by Crippen LogP contribution is 2.38. The Labute approximate surface area is 276 Å². The molecule has 4 amide bonds. The first kappa shape index (κ1) is 34.2. The van der Waals surface area contributed by atoms with E-state index in [0.717, 1.165) is 17.0 Å². The normalized spacial score (nSPS) is 19.1. The van der Waals surface area contributed by atoms with Crippen molar-refractivity contribution in [1.82, 2.24) is 19.7 Å². The van der Waals surface area contributed by atoms with Crippen LogP contribution in [0.25, 0.3) is 0 Å². The number of likely N-dealkylation sites (tertiary alicyclic amines) is 1. The van der Waals surface area contributed by atoms with Gasteiger partial charge in [-0.2, -0.15) is 13.2 Å². The zero-order valence-electron chi connectivity index (χ0n) is 26.5. The monoisotopic (exact) mass is 675 g/mol. The number of para-hydroxylation sites is 1. The molecule has 0 saturated carbocycles. The second kappa shape index (κ2) is 13.5. The summed E-state index contributed by atoms with van der Waals surface area (Å²) in [4.78, 5) is 65.9. The quantitative estimate of drug-likeness (QED) is 0.397. The average molecular weight is 676 g/mol. The van der Waals surface area contributed by atoms with Gasteiger partial charge >= 0.3 is 6.18 Å². The molecular weight excluding hydrogens is 639 g/mol. The maximum absolute atomic E-state index is 13.9. The van der Waals surface area contributed by atoms with Crippen LogP contribution in [0.15, 0.2) is 43.0 Å². The second-order valence-electron chi connectivity index (χ2n) is 12.1. The van der Waals surface area contributed by atoms with E-state index in [1.54, 1.807) is 39.9 Å². The van der Waals surface area contributed by atoms with Crippen LogP contribution in [-0.4, -0.2) is 115 Å². The maximum atomic E-state index is 13.9. The van der Waals surface area contributed by atoms with Gasteiger partial charge in [-0.3, -0.25) is 29.0 Å². The number of rotatable bonds is 8.